The highest BCUT2D eigenvalue weighted by atomic mass is 32.1. The lowest BCUT2D eigenvalue weighted by Crippen LogP contribution is -2.47. The molecule has 3 aromatic rings. The molecule has 0 radical (unpaired) electrons. The number of hydrogen-bond acceptors (Lipinski definition) is 10. The van der Waals surface area contributed by atoms with Crippen LogP contribution in [0.3, 0.4) is 0 Å². The first-order chi connectivity index (χ1) is 17.4. The van der Waals surface area contributed by atoms with Gasteiger partial charge in [-0.1, -0.05) is 30.3 Å². The molecule has 0 saturated heterocycles. The number of aromatic nitrogens is 2. The molecular weight excluding hydrogens is 476 g/mol. The molecule has 1 aromatic carbocycles. The van der Waals surface area contributed by atoms with Gasteiger partial charge in [-0.2, -0.15) is 0 Å². The molecule has 4 atom stereocenters. The monoisotopic (exact) mass is 506 g/mol. The minimum absolute atomic E-state index is 0.183. The second-order valence-electron chi connectivity index (χ2n) is 9.22. The first kappa shape index (κ1) is 24.4. The van der Waals surface area contributed by atoms with Gasteiger partial charge in [-0.3, -0.25) is 4.98 Å². The van der Waals surface area contributed by atoms with E-state index in [4.69, 9.17) is 9.98 Å². The lowest BCUT2D eigenvalue weighted by molar-refractivity contribution is 0.000577. The van der Waals surface area contributed by atoms with Crippen LogP contribution in [0.5, 0.6) is 0 Å². The summed E-state index contributed by atoms with van der Waals surface area (Å²) < 4.78 is 0. The number of nitrogens with zero attached hydrogens (tertiary/aromatic N) is 3. The molecule has 1 aliphatic heterocycles. The predicted molar refractivity (Wildman–Crippen MR) is 141 cm³/mol. The number of aliphatic hydroxyl groups is 3. The molecule has 0 bridgehead atoms. The first-order valence-electron chi connectivity index (χ1n) is 11.9. The van der Waals surface area contributed by atoms with Gasteiger partial charge in [-0.25, -0.2) is 9.98 Å². The highest BCUT2D eigenvalue weighted by Gasteiger charge is 2.41. The molecule has 1 fully saturated rings. The Bertz CT molecular complexity index is 1270. The van der Waals surface area contributed by atoms with E-state index in [2.05, 4.69) is 20.9 Å². The van der Waals surface area contributed by atoms with E-state index in [1.54, 1.807) is 0 Å². The Balaban J connectivity index is 1.43. The lowest BCUT2D eigenvalue weighted by Gasteiger charge is -2.27. The number of nitrogens with one attached hydrogen (secondary N) is 3. The Labute approximate surface area is 213 Å². The third-order valence-corrected chi connectivity index (χ3v) is 7.38. The summed E-state index contributed by atoms with van der Waals surface area (Å²) in [4.78, 5) is 14.0. The van der Waals surface area contributed by atoms with Crippen molar-refractivity contribution < 1.29 is 15.3 Å². The van der Waals surface area contributed by atoms with Crippen LogP contribution in [0.1, 0.15) is 22.8 Å². The number of aryl methyl sites for hydroxylation is 2. The standard InChI is InChI=1S/C26H30N6O3S/c1-14-8-18(9-15(2)28-14)29-26-27-11-19(25-31-21(13-36-25)16-6-4-3-5-7-16)24(32-26)30-20-10-17(12-33)22(34)23(20)35/h3-9,13,17,20,22-23,30,33-35H,10-12H2,1-2H3,(H2,27,28,29,32)/t17-,20-,22-,23+/m1/s1. The van der Waals surface area contributed by atoms with Crippen molar-refractivity contribution in [2.24, 2.45) is 10.9 Å². The maximum atomic E-state index is 10.6. The number of pyridine rings is 1. The van der Waals surface area contributed by atoms with Gasteiger partial charge in [0.15, 0.2) is 0 Å². The Kier molecular flexibility index (Phi) is 7.01. The molecule has 0 spiro atoms. The molecule has 2 aromatic heterocycles. The van der Waals surface area contributed by atoms with Crippen LogP contribution in [-0.2, 0) is 0 Å². The van der Waals surface area contributed by atoms with E-state index in [0.29, 0.717) is 24.7 Å². The van der Waals surface area contributed by atoms with Gasteiger partial charge in [0.1, 0.15) is 16.9 Å². The number of rotatable bonds is 6. The summed E-state index contributed by atoms with van der Waals surface area (Å²) in [5, 5.41) is 43.4. The van der Waals surface area contributed by atoms with E-state index in [9.17, 15) is 15.3 Å². The Morgan fingerprint density at radius 2 is 1.81 bits per heavy atom. The molecule has 1 saturated carbocycles. The number of guanidine groups is 1. The van der Waals surface area contributed by atoms with E-state index in [0.717, 1.165) is 38.9 Å². The number of aliphatic imine (C=N–C) groups is 1. The highest BCUT2D eigenvalue weighted by Crippen LogP contribution is 2.31. The molecule has 5 rings (SSSR count). The largest absolute Gasteiger partial charge is 0.396 e. The zero-order valence-electron chi connectivity index (χ0n) is 20.1. The van der Waals surface area contributed by atoms with E-state index >= 15 is 0 Å². The molecule has 3 heterocycles. The normalized spacial score (nSPS) is 23.9. The topological polar surface area (TPSA) is 135 Å². The van der Waals surface area contributed by atoms with Crippen LogP contribution < -0.4 is 16.0 Å². The number of benzene rings is 1. The van der Waals surface area contributed by atoms with Crippen molar-refractivity contribution in [2.45, 2.75) is 38.5 Å². The van der Waals surface area contributed by atoms with Crippen molar-refractivity contribution in [3.05, 3.63) is 70.1 Å². The van der Waals surface area contributed by atoms with Gasteiger partial charge in [-0.15, -0.1) is 11.3 Å². The number of aliphatic hydroxyl groups excluding tert-OH is 3. The summed E-state index contributed by atoms with van der Waals surface area (Å²) in [5.74, 6) is 0.834. The summed E-state index contributed by atoms with van der Waals surface area (Å²) >= 11 is 1.53. The van der Waals surface area contributed by atoms with Crippen molar-refractivity contribution in [2.75, 3.05) is 18.5 Å². The van der Waals surface area contributed by atoms with Crippen LogP contribution in [0.15, 0.2) is 58.7 Å². The van der Waals surface area contributed by atoms with Gasteiger partial charge >= 0.3 is 0 Å². The Hall–Kier alpha value is -3.31. The Morgan fingerprint density at radius 1 is 1.06 bits per heavy atom. The third kappa shape index (κ3) is 5.12. The summed E-state index contributed by atoms with van der Waals surface area (Å²) in [6, 6.07) is 13.4. The molecule has 0 unspecified atom stereocenters. The molecule has 36 heavy (non-hydrogen) atoms. The van der Waals surface area contributed by atoms with Crippen molar-refractivity contribution in [1.29, 1.82) is 0 Å². The van der Waals surface area contributed by atoms with Gasteiger partial charge in [0.25, 0.3) is 0 Å². The SMILES string of the molecule is Cc1cc(NC2=NCC(c3nc(-c4ccccc4)cs3)=C(N[C@@H]3C[C@H](CO)[C@@H](O)[C@H]3O)N2)cc(C)n1. The minimum atomic E-state index is -1.00. The van der Waals surface area contributed by atoms with Crippen molar-refractivity contribution in [3.8, 4) is 11.3 Å². The van der Waals surface area contributed by atoms with Crippen LogP contribution >= 0.6 is 11.3 Å². The smallest absolute Gasteiger partial charge is 0.201 e. The van der Waals surface area contributed by atoms with Crippen LogP contribution in [-0.4, -0.2) is 62.6 Å². The van der Waals surface area contributed by atoms with Gasteiger partial charge in [0.2, 0.25) is 5.96 Å². The van der Waals surface area contributed by atoms with Gasteiger partial charge in [-0.05, 0) is 32.4 Å². The molecule has 6 N–H and O–H groups in total. The molecule has 188 valence electrons. The molecular formula is C26H30N6O3S. The zero-order chi connectivity index (χ0) is 25.2. The molecule has 0 amide bonds. The second-order valence-corrected chi connectivity index (χ2v) is 10.1. The van der Waals surface area contributed by atoms with Crippen LogP contribution in [0.4, 0.5) is 5.69 Å². The average Bonchev–Trinajstić information content (AvgIpc) is 3.45. The van der Waals surface area contributed by atoms with Crippen molar-refractivity contribution in [1.82, 2.24) is 20.6 Å². The summed E-state index contributed by atoms with van der Waals surface area (Å²) in [7, 11) is 0. The summed E-state index contributed by atoms with van der Waals surface area (Å²) in [6.07, 6.45) is -1.55. The van der Waals surface area contributed by atoms with E-state index < -0.39 is 18.2 Å². The fourth-order valence-corrected chi connectivity index (χ4v) is 5.54. The fourth-order valence-electron chi connectivity index (χ4n) is 4.67. The maximum absolute atomic E-state index is 10.6. The first-order valence-corrected chi connectivity index (χ1v) is 12.8. The fraction of sp³-hybridized carbons (Fsp3) is 0.346. The van der Waals surface area contributed by atoms with E-state index in [-0.39, 0.29) is 12.5 Å². The molecule has 2 aliphatic rings. The van der Waals surface area contributed by atoms with Gasteiger partial charge < -0.3 is 31.3 Å². The zero-order valence-corrected chi connectivity index (χ0v) is 21.0. The van der Waals surface area contributed by atoms with Gasteiger partial charge in [0.05, 0.1) is 24.4 Å². The Morgan fingerprint density at radius 3 is 2.50 bits per heavy atom. The van der Waals surface area contributed by atoms with E-state index in [1.807, 2.05) is 61.7 Å². The maximum Gasteiger partial charge on any atom is 0.201 e. The van der Waals surface area contributed by atoms with Gasteiger partial charge in [0, 0.05) is 46.1 Å². The second kappa shape index (κ2) is 10.4. The summed E-state index contributed by atoms with van der Waals surface area (Å²) in [5.41, 5.74) is 5.45. The minimum Gasteiger partial charge on any atom is -0.396 e. The summed E-state index contributed by atoms with van der Waals surface area (Å²) in [6.45, 7) is 4.07. The predicted octanol–water partition coefficient (Wildman–Crippen LogP) is 2.25. The molecule has 1 aliphatic carbocycles. The number of hydrogen-bond donors (Lipinski definition) is 6. The third-order valence-electron chi connectivity index (χ3n) is 6.48. The van der Waals surface area contributed by atoms with Crippen LogP contribution in [0.2, 0.25) is 0 Å². The quantitative estimate of drug-likeness (QED) is 0.300. The van der Waals surface area contributed by atoms with Crippen LogP contribution in [0.25, 0.3) is 16.8 Å². The highest BCUT2D eigenvalue weighted by molar-refractivity contribution is 7.11. The van der Waals surface area contributed by atoms with E-state index in [1.165, 1.54) is 11.3 Å². The van der Waals surface area contributed by atoms with Crippen molar-refractivity contribution in [3.63, 3.8) is 0 Å². The average molecular weight is 507 g/mol. The van der Waals surface area contributed by atoms with Crippen LogP contribution in [0, 0.1) is 19.8 Å². The molecule has 10 heteroatoms. The van der Waals surface area contributed by atoms with Crippen molar-refractivity contribution >= 4 is 28.6 Å². The number of anilines is 1. The molecule has 9 nitrogen and oxygen atoms in total. The number of thiazole rings is 1. The lowest BCUT2D eigenvalue weighted by atomic mass is 10.1.